The number of hydrogen-bond acceptors (Lipinski definition) is 4. The largest absolute Gasteiger partial charge is 0.352 e. The number of benzene rings is 1. The van der Waals surface area contributed by atoms with E-state index in [0.29, 0.717) is 18.5 Å². The molecule has 3 rings (SSSR count). The van der Waals surface area contributed by atoms with Crippen molar-refractivity contribution in [3.8, 4) is 5.69 Å². The van der Waals surface area contributed by atoms with Crippen LogP contribution in [0.15, 0.2) is 41.8 Å². The average Bonchev–Trinajstić information content (AvgIpc) is 3.16. The van der Waals surface area contributed by atoms with Gasteiger partial charge in [0.1, 0.15) is 0 Å². The molecule has 26 heavy (non-hydrogen) atoms. The first-order valence-electron chi connectivity index (χ1n) is 8.88. The maximum absolute atomic E-state index is 13.0. The molecule has 138 valence electrons. The van der Waals surface area contributed by atoms with Crippen LogP contribution in [0.2, 0.25) is 0 Å². The van der Waals surface area contributed by atoms with Gasteiger partial charge in [0.05, 0.1) is 0 Å². The molecule has 2 amide bonds. The lowest BCUT2D eigenvalue weighted by Gasteiger charge is -2.33. The summed E-state index contributed by atoms with van der Waals surface area (Å²) >= 11 is 1.56. The Morgan fingerprint density at radius 3 is 3.00 bits per heavy atom. The molecule has 0 radical (unpaired) electrons. The van der Waals surface area contributed by atoms with Crippen molar-refractivity contribution in [3.05, 3.63) is 42.2 Å². The molecule has 1 aromatic heterocycles. The summed E-state index contributed by atoms with van der Waals surface area (Å²) in [5.74, 6) is 0.0455. The van der Waals surface area contributed by atoms with Gasteiger partial charge >= 0.3 is 0 Å². The minimum atomic E-state index is 0.00751. The molecule has 1 fully saturated rings. The summed E-state index contributed by atoms with van der Waals surface area (Å²) in [5.41, 5.74) is 1.58. The first kappa shape index (κ1) is 18.5. The maximum atomic E-state index is 13.0. The van der Waals surface area contributed by atoms with Gasteiger partial charge in [0, 0.05) is 49.2 Å². The Morgan fingerprint density at radius 2 is 2.23 bits per heavy atom. The topological polar surface area (TPSA) is 67.2 Å². The van der Waals surface area contributed by atoms with Gasteiger partial charge in [-0.1, -0.05) is 24.8 Å². The fourth-order valence-electron chi connectivity index (χ4n) is 3.22. The van der Waals surface area contributed by atoms with E-state index < -0.39 is 0 Å². The van der Waals surface area contributed by atoms with Gasteiger partial charge in [0.15, 0.2) is 5.16 Å². The van der Waals surface area contributed by atoms with E-state index in [9.17, 15) is 9.59 Å². The van der Waals surface area contributed by atoms with E-state index in [1.165, 1.54) is 0 Å². The van der Waals surface area contributed by atoms with E-state index in [2.05, 4.69) is 10.3 Å². The normalized spacial score (nSPS) is 17.2. The molecule has 0 bridgehead atoms. The van der Waals surface area contributed by atoms with Crippen LogP contribution in [-0.2, 0) is 4.79 Å². The molecular weight excluding hydrogens is 348 g/mol. The van der Waals surface area contributed by atoms with Crippen molar-refractivity contribution in [2.24, 2.45) is 0 Å². The number of nitrogens with one attached hydrogen (secondary N) is 1. The molecule has 1 aliphatic rings. The number of piperidine rings is 1. The Balaban J connectivity index is 1.75. The highest BCUT2D eigenvalue weighted by Crippen LogP contribution is 2.20. The SMILES string of the molecule is CCC(=O)NC1CCCN(C(=O)c2cccc(-n3ccnc3SC)c2)C1. The van der Waals surface area contributed by atoms with Crippen LogP contribution in [0.25, 0.3) is 5.69 Å². The molecule has 0 aliphatic carbocycles. The van der Waals surface area contributed by atoms with Crippen LogP contribution in [0.3, 0.4) is 0 Å². The molecule has 0 saturated carbocycles. The van der Waals surface area contributed by atoms with Gasteiger partial charge < -0.3 is 10.2 Å². The molecule has 2 heterocycles. The molecule has 1 N–H and O–H groups in total. The van der Waals surface area contributed by atoms with Crippen LogP contribution in [-0.4, -0.2) is 51.7 Å². The van der Waals surface area contributed by atoms with E-state index in [0.717, 1.165) is 30.2 Å². The lowest BCUT2D eigenvalue weighted by Crippen LogP contribution is -2.49. The average molecular weight is 372 g/mol. The minimum absolute atomic E-state index is 0.00751. The van der Waals surface area contributed by atoms with E-state index in [1.807, 2.05) is 53.1 Å². The predicted octanol–water partition coefficient (Wildman–Crippen LogP) is 2.73. The van der Waals surface area contributed by atoms with E-state index in [4.69, 9.17) is 0 Å². The van der Waals surface area contributed by atoms with Crippen LogP contribution in [0.5, 0.6) is 0 Å². The Labute approximate surface area is 158 Å². The lowest BCUT2D eigenvalue weighted by molar-refractivity contribution is -0.121. The number of carbonyl (C=O) groups is 2. The van der Waals surface area contributed by atoms with Crippen LogP contribution >= 0.6 is 11.8 Å². The van der Waals surface area contributed by atoms with Gasteiger partial charge in [-0.25, -0.2) is 4.98 Å². The smallest absolute Gasteiger partial charge is 0.253 e. The second kappa shape index (κ2) is 8.40. The number of carbonyl (C=O) groups excluding carboxylic acids is 2. The highest BCUT2D eigenvalue weighted by molar-refractivity contribution is 7.98. The number of amides is 2. The zero-order valence-corrected chi connectivity index (χ0v) is 16.0. The van der Waals surface area contributed by atoms with Gasteiger partial charge in [0.25, 0.3) is 5.91 Å². The van der Waals surface area contributed by atoms with Crippen LogP contribution in [0, 0.1) is 0 Å². The quantitative estimate of drug-likeness (QED) is 0.820. The number of nitrogens with zero attached hydrogens (tertiary/aromatic N) is 3. The molecule has 6 nitrogen and oxygen atoms in total. The zero-order valence-electron chi connectivity index (χ0n) is 15.1. The third kappa shape index (κ3) is 4.09. The number of likely N-dealkylation sites (tertiary alicyclic amines) is 1. The summed E-state index contributed by atoms with van der Waals surface area (Å²) in [5, 5.41) is 3.89. The number of rotatable bonds is 5. The highest BCUT2D eigenvalue weighted by Gasteiger charge is 2.25. The maximum Gasteiger partial charge on any atom is 0.253 e. The number of imidazole rings is 1. The predicted molar refractivity (Wildman–Crippen MR) is 103 cm³/mol. The van der Waals surface area contributed by atoms with E-state index >= 15 is 0 Å². The molecule has 1 aromatic carbocycles. The fourth-order valence-corrected chi connectivity index (χ4v) is 3.75. The van der Waals surface area contributed by atoms with Crippen LogP contribution < -0.4 is 5.32 Å². The Kier molecular flexibility index (Phi) is 5.98. The minimum Gasteiger partial charge on any atom is -0.352 e. The summed E-state index contributed by atoms with van der Waals surface area (Å²) < 4.78 is 1.97. The summed E-state index contributed by atoms with van der Waals surface area (Å²) in [7, 11) is 0. The van der Waals surface area contributed by atoms with Gasteiger partial charge in [-0.05, 0) is 37.3 Å². The standard InChI is InChI=1S/C19H24N4O2S/c1-3-17(24)21-15-7-5-10-22(13-15)18(25)14-6-4-8-16(12-14)23-11-9-20-19(23)26-2/h4,6,8-9,11-12,15H,3,5,7,10,13H2,1-2H3,(H,21,24). The second-order valence-electron chi connectivity index (χ2n) is 6.35. The first-order valence-corrected chi connectivity index (χ1v) is 10.1. The van der Waals surface area contributed by atoms with Gasteiger partial charge in [-0.2, -0.15) is 0 Å². The van der Waals surface area contributed by atoms with Crippen molar-refractivity contribution in [1.82, 2.24) is 19.8 Å². The highest BCUT2D eigenvalue weighted by atomic mass is 32.2. The van der Waals surface area contributed by atoms with Gasteiger partial charge in [-0.3, -0.25) is 14.2 Å². The number of thioether (sulfide) groups is 1. The van der Waals surface area contributed by atoms with Gasteiger partial charge in [-0.15, -0.1) is 0 Å². The Hall–Kier alpha value is -2.28. The molecule has 1 unspecified atom stereocenters. The summed E-state index contributed by atoms with van der Waals surface area (Å²) in [6.07, 6.45) is 7.92. The molecule has 0 spiro atoms. The van der Waals surface area contributed by atoms with Crippen molar-refractivity contribution in [3.63, 3.8) is 0 Å². The third-order valence-corrected chi connectivity index (χ3v) is 5.22. The fraction of sp³-hybridized carbons (Fsp3) is 0.421. The van der Waals surface area contributed by atoms with Crippen molar-refractivity contribution in [2.45, 2.75) is 37.4 Å². The molecule has 2 aromatic rings. The van der Waals surface area contributed by atoms with E-state index in [-0.39, 0.29) is 17.9 Å². The summed E-state index contributed by atoms with van der Waals surface area (Å²) in [6.45, 7) is 3.13. The van der Waals surface area contributed by atoms with Crippen LogP contribution in [0.1, 0.15) is 36.5 Å². The van der Waals surface area contributed by atoms with Crippen molar-refractivity contribution in [2.75, 3.05) is 19.3 Å². The number of hydrogen-bond donors (Lipinski definition) is 1. The monoisotopic (exact) mass is 372 g/mol. The van der Waals surface area contributed by atoms with E-state index in [1.54, 1.807) is 18.0 Å². The molecule has 1 saturated heterocycles. The molecule has 1 aliphatic heterocycles. The Bertz CT molecular complexity index is 789. The molecular formula is C19H24N4O2S. The molecule has 1 atom stereocenters. The second-order valence-corrected chi connectivity index (χ2v) is 7.12. The first-order chi connectivity index (χ1) is 12.6. The third-order valence-electron chi connectivity index (χ3n) is 4.56. The Morgan fingerprint density at radius 1 is 1.38 bits per heavy atom. The zero-order chi connectivity index (χ0) is 18.5. The molecule has 7 heteroatoms. The summed E-state index contributed by atoms with van der Waals surface area (Å²) in [6, 6.07) is 7.65. The number of aromatic nitrogens is 2. The lowest BCUT2D eigenvalue weighted by atomic mass is 10.0. The van der Waals surface area contributed by atoms with Crippen molar-refractivity contribution < 1.29 is 9.59 Å². The van der Waals surface area contributed by atoms with Crippen molar-refractivity contribution in [1.29, 1.82) is 0 Å². The van der Waals surface area contributed by atoms with Gasteiger partial charge in [0.2, 0.25) is 5.91 Å². The summed E-state index contributed by atoms with van der Waals surface area (Å²) in [4.78, 5) is 30.7. The van der Waals surface area contributed by atoms with Crippen LogP contribution in [0.4, 0.5) is 0 Å². The van der Waals surface area contributed by atoms with Crippen molar-refractivity contribution >= 4 is 23.6 Å².